The molecule has 0 saturated heterocycles. The molecule has 2 aromatic carbocycles. The molecule has 0 aliphatic carbocycles. The molecule has 2 nitrogen and oxygen atoms in total. The largest absolute Gasteiger partial charge is 0.456 e. The van der Waals surface area contributed by atoms with Gasteiger partial charge in [0.1, 0.15) is 23.1 Å². The first-order valence-electron chi connectivity index (χ1n) is 5.99. The van der Waals surface area contributed by atoms with E-state index in [0.29, 0.717) is 21.3 Å². The van der Waals surface area contributed by atoms with Crippen molar-refractivity contribution in [3.63, 3.8) is 0 Å². The lowest BCUT2D eigenvalue weighted by molar-refractivity contribution is 0.195. The highest BCUT2D eigenvalue weighted by Gasteiger charge is 2.15. The van der Waals surface area contributed by atoms with Crippen LogP contribution in [0, 0.1) is 18.6 Å². The number of ether oxygens (including phenoxy) is 1. The fourth-order valence-electron chi connectivity index (χ4n) is 1.76. The molecule has 0 aliphatic rings. The third-order valence-corrected chi connectivity index (χ3v) is 3.51. The summed E-state index contributed by atoms with van der Waals surface area (Å²) in [6.07, 6.45) is -0.896. The molecule has 20 heavy (non-hydrogen) atoms. The third-order valence-electron chi connectivity index (χ3n) is 2.85. The molecule has 0 amide bonds. The van der Waals surface area contributed by atoms with Crippen molar-refractivity contribution < 1.29 is 18.6 Å². The van der Waals surface area contributed by atoms with Gasteiger partial charge in [-0.1, -0.05) is 0 Å². The van der Waals surface area contributed by atoms with Gasteiger partial charge in [-0.3, -0.25) is 0 Å². The molecule has 0 heterocycles. The predicted molar refractivity (Wildman–Crippen MR) is 75.9 cm³/mol. The van der Waals surface area contributed by atoms with Crippen LogP contribution in [-0.4, -0.2) is 5.11 Å². The average molecular weight is 343 g/mol. The molecule has 5 heteroatoms. The minimum absolute atomic E-state index is 0.262. The lowest BCUT2D eigenvalue weighted by atomic mass is 10.1. The lowest BCUT2D eigenvalue weighted by Crippen LogP contribution is -1.99. The van der Waals surface area contributed by atoms with Crippen LogP contribution in [0.15, 0.2) is 34.8 Å². The van der Waals surface area contributed by atoms with Crippen molar-refractivity contribution in [1.82, 2.24) is 0 Å². The Morgan fingerprint density at radius 3 is 2.50 bits per heavy atom. The van der Waals surface area contributed by atoms with Crippen molar-refractivity contribution in [3.8, 4) is 11.5 Å². The van der Waals surface area contributed by atoms with Gasteiger partial charge in [0.15, 0.2) is 0 Å². The molecule has 0 spiro atoms. The minimum Gasteiger partial charge on any atom is -0.456 e. The Labute approximate surface area is 124 Å². The smallest absolute Gasteiger partial charge is 0.144 e. The number of halogens is 3. The highest BCUT2D eigenvalue weighted by atomic mass is 79.9. The molecule has 0 bridgehead atoms. The van der Waals surface area contributed by atoms with E-state index < -0.39 is 17.7 Å². The molecule has 1 atom stereocenters. The van der Waals surface area contributed by atoms with Crippen LogP contribution in [-0.2, 0) is 0 Å². The second-order valence-electron chi connectivity index (χ2n) is 4.49. The Morgan fingerprint density at radius 2 is 1.85 bits per heavy atom. The molecule has 0 aromatic heterocycles. The van der Waals surface area contributed by atoms with E-state index in [0.717, 1.165) is 0 Å². The topological polar surface area (TPSA) is 29.5 Å². The van der Waals surface area contributed by atoms with E-state index in [-0.39, 0.29) is 5.75 Å². The van der Waals surface area contributed by atoms with Gasteiger partial charge in [0.05, 0.1) is 10.6 Å². The molecule has 2 aromatic rings. The number of hydrogen-bond acceptors (Lipinski definition) is 2. The van der Waals surface area contributed by atoms with E-state index in [1.54, 1.807) is 6.92 Å². The molecule has 0 unspecified atom stereocenters. The summed E-state index contributed by atoms with van der Waals surface area (Å²) in [5.41, 5.74) is 0.696. The Balaban J connectivity index is 2.47. The van der Waals surface area contributed by atoms with Gasteiger partial charge in [0.2, 0.25) is 0 Å². The molecule has 0 saturated carbocycles. The van der Waals surface area contributed by atoms with Crippen LogP contribution in [0.3, 0.4) is 0 Å². The van der Waals surface area contributed by atoms with Gasteiger partial charge in [-0.25, -0.2) is 8.78 Å². The van der Waals surface area contributed by atoms with Crippen LogP contribution in [0.25, 0.3) is 0 Å². The first-order chi connectivity index (χ1) is 9.38. The van der Waals surface area contributed by atoms with E-state index in [4.69, 9.17) is 4.74 Å². The highest BCUT2D eigenvalue weighted by Crippen LogP contribution is 2.35. The maximum absolute atomic E-state index is 13.6. The van der Waals surface area contributed by atoms with E-state index >= 15 is 0 Å². The van der Waals surface area contributed by atoms with Crippen LogP contribution in [0.5, 0.6) is 11.5 Å². The van der Waals surface area contributed by atoms with Crippen molar-refractivity contribution >= 4 is 15.9 Å². The predicted octanol–water partition coefficient (Wildman–Crippen LogP) is 4.88. The molecule has 106 valence electrons. The van der Waals surface area contributed by atoms with Crippen LogP contribution in [0.4, 0.5) is 8.78 Å². The monoisotopic (exact) mass is 342 g/mol. The van der Waals surface area contributed by atoms with Crippen molar-refractivity contribution in [3.05, 3.63) is 57.6 Å². The number of hydrogen-bond donors (Lipinski definition) is 1. The normalized spacial score (nSPS) is 12.3. The van der Waals surface area contributed by atoms with E-state index in [9.17, 15) is 13.9 Å². The summed E-state index contributed by atoms with van der Waals surface area (Å²) >= 11 is 3.25. The molecule has 1 N–H and O–H groups in total. The zero-order chi connectivity index (χ0) is 14.9. The average Bonchev–Trinajstić information content (AvgIpc) is 2.37. The Kier molecular flexibility index (Phi) is 4.40. The number of aryl methyl sites for hydroxylation is 1. The van der Waals surface area contributed by atoms with Crippen LogP contribution >= 0.6 is 15.9 Å². The van der Waals surface area contributed by atoms with Crippen LogP contribution in [0.1, 0.15) is 24.2 Å². The first-order valence-corrected chi connectivity index (χ1v) is 6.79. The number of aliphatic hydroxyl groups is 1. The van der Waals surface area contributed by atoms with Gasteiger partial charge in [0.25, 0.3) is 0 Å². The van der Waals surface area contributed by atoms with E-state index in [1.807, 2.05) is 0 Å². The van der Waals surface area contributed by atoms with Gasteiger partial charge in [-0.2, -0.15) is 0 Å². The quantitative estimate of drug-likeness (QED) is 0.861. The SMILES string of the molecule is Cc1cc(Oc2cc(F)ccc2Br)c([C@H](C)O)cc1F. The summed E-state index contributed by atoms with van der Waals surface area (Å²) in [4.78, 5) is 0. The van der Waals surface area contributed by atoms with Crippen molar-refractivity contribution in [2.24, 2.45) is 0 Å². The van der Waals surface area contributed by atoms with Gasteiger partial charge < -0.3 is 9.84 Å². The zero-order valence-corrected chi connectivity index (χ0v) is 12.5. The maximum Gasteiger partial charge on any atom is 0.144 e. The Bertz CT molecular complexity index is 642. The Hall–Kier alpha value is -1.46. The minimum atomic E-state index is -0.896. The third kappa shape index (κ3) is 3.16. The van der Waals surface area contributed by atoms with Crippen molar-refractivity contribution in [2.45, 2.75) is 20.0 Å². The summed E-state index contributed by atoms with van der Waals surface area (Å²) < 4.78 is 33.0. The summed E-state index contributed by atoms with van der Waals surface area (Å²) in [5, 5.41) is 9.69. The Morgan fingerprint density at radius 1 is 1.15 bits per heavy atom. The van der Waals surface area contributed by atoms with E-state index in [2.05, 4.69) is 15.9 Å². The fraction of sp³-hybridized carbons (Fsp3) is 0.200. The van der Waals surface area contributed by atoms with Gasteiger partial charge in [-0.15, -0.1) is 0 Å². The highest BCUT2D eigenvalue weighted by molar-refractivity contribution is 9.10. The molecule has 0 fully saturated rings. The molecule has 2 rings (SSSR count). The van der Waals surface area contributed by atoms with Crippen molar-refractivity contribution in [2.75, 3.05) is 0 Å². The van der Waals surface area contributed by atoms with Crippen LogP contribution in [0.2, 0.25) is 0 Å². The zero-order valence-electron chi connectivity index (χ0n) is 11.0. The molecule has 0 radical (unpaired) electrons. The number of aliphatic hydroxyl groups excluding tert-OH is 1. The lowest BCUT2D eigenvalue weighted by Gasteiger charge is -2.15. The second-order valence-corrected chi connectivity index (χ2v) is 5.35. The second kappa shape index (κ2) is 5.89. The summed E-state index contributed by atoms with van der Waals surface area (Å²) in [5.74, 6) is -0.310. The maximum atomic E-state index is 13.6. The fourth-order valence-corrected chi connectivity index (χ4v) is 2.09. The number of benzene rings is 2. The summed E-state index contributed by atoms with van der Waals surface area (Å²) in [6.45, 7) is 3.10. The summed E-state index contributed by atoms with van der Waals surface area (Å²) in [7, 11) is 0. The van der Waals surface area contributed by atoms with Gasteiger partial charge in [-0.05, 0) is 59.6 Å². The standard InChI is InChI=1S/C15H13BrF2O2/c1-8-5-14(11(9(2)19)7-13(8)18)20-15-6-10(17)3-4-12(15)16/h3-7,9,19H,1-2H3/t9-/m0/s1. The number of rotatable bonds is 3. The molecular weight excluding hydrogens is 330 g/mol. The molecular formula is C15H13BrF2O2. The van der Waals surface area contributed by atoms with Crippen LogP contribution < -0.4 is 4.74 Å². The van der Waals surface area contributed by atoms with Crippen molar-refractivity contribution in [1.29, 1.82) is 0 Å². The van der Waals surface area contributed by atoms with Gasteiger partial charge in [0, 0.05) is 11.6 Å². The summed E-state index contributed by atoms with van der Waals surface area (Å²) in [6, 6.07) is 6.73. The van der Waals surface area contributed by atoms with Gasteiger partial charge >= 0.3 is 0 Å². The molecule has 0 aliphatic heterocycles. The first kappa shape index (κ1) is 14.9. The van der Waals surface area contributed by atoms with E-state index in [1.165, 1.54) is 37.3 Å².